The van der Waals surface area contributed by atoms with Gasteiger partial charge in [0.1, 0.15) is 0 Å². The minimum absolute atomic E-state index is 0.0476. The molecule has 6 nitrogen and oxygen atoms in total. The molecule has 1 amide bonds. The summed E-state index contributed by atoms with van der Waals surface area (Å²) in [6.45, 7) is 4.91. The van der Waals surface area contributed by atoms with Gasteiger partial charge in [0.05, 0.1) is 0 Å². The molecule has 1 aliphatic rings. The van der Waals surface area contributed by atoms with Gasteiger partial charge >= 0.3 is 0 Å². The average molecular weight is 252 g/mol. The molecule has 2 rings (SSSR count). The van der Waals surface area contributed by atoms with Crippen molar-refractivity contribution in [2.75, 3.05) is 6.54 Å². The van der Waals surface area contributed by atoms with Crippen LogP contribution in [0.2, 0.25) is 0 Å². The van der Waals surface area contributed by atoms with Crippen LogP contribution >= 0.6 is 0 Å². The molecule has 1 saturated heterocycles. The maximum absolute atomic E-state index is 11.8. The number of piperidine rings is 1. The Balaban J connectivity index is 1.74. The molecule has 0 aliphatic carbocycles. The minimum Gasteiger partial charge on any atom is -0.352 e. The first-order chi connectivity index (χ1) is 8.65. The molecular weight excluding hydrogens is 232 g/mol. The van der Waals surface area contributed by atoms with Gasteiger partial charge in [-0.05, 0) is 33.2 Å². The highest BCUT2D eigenvalue weighted by Gasteiger charge is 2.22. The molecule has 18 heavy (non-hydrogen) atoms. The fourth-order valence-electron chi connectivity index (χ4n) is 2.18. The quantitative estimate of drug-likeness (QED) is 0.818. The molecule has 2 N–H and O–H groups in total. The first-order valence-electron chi connectivity index (χ1n) is 6.47. The van der Waals surface area contributed by atoms with Gasteiger partial charge in [0.15, 0.2) is 5.82 Å². The standard InChI is InChI=1S/C12H20N4O2/c1-8-10(4-3-7-13-8)15-11(17)5-6-12-14-9(2)16-18-12/h8,10,13H,3-7H2,1-2H3,(H,15,17). The molecule has 1 aliphatic heterocycles. The van der Waals surface area contributed by atoms with Gasteiger partial charge in [0.2, 0.25) is 11.8 Å². The second-order valence-corrected chi connectivity index (χ2v) is 4.79. The van der Waals surface area contributed by atoms with Crippen LogP contribution in [0.25, 0.3) is 0 Å². The van der Waals surface area contributed by atoms with Crippen LogP contribution in [0.3, 0.4) is 0 Å². The van der Waals surface area contributed by atoms with E-state index in [-0.39, 0.29) is 11.9 Å². The number of nitrogens with zero attached hydrogens (tertiary/aromatic N) is 2. The third-order valence-electron chi connectivity index (χ3n) is 3.24. The van der Waals surface area contributed by atoms with E-state index in [0.717, 1.165) is 19.4 Å². The number of amides is 1. The SMILES string of the molecule is Cc1noc(CCC(=O)NC2CCCNC2C)n1. The number of hydrogen-bond acceptors (Lipinski definition) is 5. The average Bonchev–Trinajstić information content (AvgIpc) is 2.76. The summed E-state index contributed by atoms with van der Waals surface area (Å²) in [6.07, 6.45) is 3.05. The summed E-state index contributed by atoms with van der Waals surface area (Å²) in [6, 6.07) is 0.573. The summed E-state index contributed by atoms with van der Waals surface area (Å²) < 4.78 is 4.97. The van der Waals surface area contributed by atoms with Crippen molar-refractivity contribution in [3.05, 3.63) is 11.7 Å². The summed E-state index contributed by atoms with van der Waals surface area (Å²) >= 11 is 0. The fraction of sp³-hybridized carbons (Fsp3) is 0.750. The van der Waals surface area contributed by atoms with Crippen LogP contribution in [0.4, 0.5) is 0 Å². The summed E-state index contributed by atoms with van der Waals surface area (Å²) in [5, 5.41) is 10.1. The van der Waals surface area contributed by atoms with Crippen LogP contribution in [0.1, 0.15) is 37.9 Å². The van der Waals surface area contributed by atoms with Crippen molar-refractivity contribution in [2.24, 2.45) is 0 Å². The second-order valence-electron chi connectivity index (χ2n) is 4.79. The van der Waals surface area contributed by atoms with Crippen LogP contribution in [-0.4, -0.2) is 34.7 Å². The number of aromatic nitrogens is 2. The molecule has 6 heteroatoms. The zero-order chi connectivity index (χ0) is 13.0. The molecule has 0 spiro atoms. The third-order valence-corrected chi connectivity index (χ3v) is 3.24. The molecule has 1 aromatic rings. The number of hydrogen-bond donors (Lipinski definition) is 2. The lowest BCUT2D eigenvalue weighted by Crippen LogP contribution is -2.51. The van der Waals surface area contributed by atoms with Crippen LogP contribution < -0.4 is 10.6 Å². The fourth-order valence-corrected chi connectivity index (χ4v) is 2.18. The van der Waals surface area contributed by atoms with Crippen molar-refractivity contribution in [1.29, 1.82) is 0 Å². The number of aryl methyl sites for hydroxylation is 2. The van der Waals surface area contributed by atoms with E-state index >= 15 is 0 Å². The predicted octanol–water partition coefficient (Wildman–Crippen LogP) is 0.567. The zero-order valence-electron chi connectivity index (χ0n) is 10.9. The van der Waals surface area contributed by atoms with Crippen LogP contribution in [0.5, 0.6) is 0 Å². The predicted molar refractivity (Wildman–Crippen MR) is 66.0 cm³/mol. The van der Waals surface area contributed by atoms with Crippen molar-refractivity contribution < 1.29 is 9.32 Å². The molecule has 100 valence electrons. The van der Waals surface area contributed by atoms with E-state index in [1.807, 2.05) is 0 Å². The molecule has 2 unspecified atom stereocenters. The lowest BCUT2D eigenvalue weighted by Gasteiger charge is -2.30. The monoisotopic (exact) mass is 252 g/mol. The van der Waals surface area contributed by atoms with Crippen LogP contribution in [0.15, 0.2) is 4.52 Å². The van der Waals surface area contributed by atoms with E-state index < -0.39 is 0 Å². The van der Waals surface area contributed by atoms with E-state index in [0.29, 0.717) is 30.6 Å². The Kier molecular flexibility index (Phi) is 4.30. The van der Waals surface area contributed by atoms with Crippen molar-refractivity contribution in [2.45, 2.75) is 51.6 Å². The van der Waals surface area contributed by atoms with Crippen molar-refractivity contribution in [3.8, 4) is 0 Å². The Morgan fingerprint density at radius 3 is 3.11 bits per heavy atom. The first-order valence-corrected chi connectivity index (χ1v) is 6.47. The lowest BCUT2D eigenvalue weighted by atomic mass is 10.00. The van der Waals surface area contributed by atoms with Crippen molar-refractivity contribution in [1.82, 2.24) is 20.8 Å². The van der Waals surface area contributed by atoms with Crippen LogP contribution in [0, 0.1) is 6.92 Å². The summed E-state index contributed by atoms with van der Waals surface area (Å²) in [5.41, 5.74) is 0. The largest absolute Gasteiger partial charge is 0.352 e. The highest BCUT2D eigenvalue weighted by atomic mass is 16.5. The summed E-state index contributed by atoms with van der Waals surface area (Å²) in [5.74, 6) is 1.18. The number of carbonyl (C=O) groups is 1. The molecule has 2 heterocycles. The van der Waals surface area contributed by atoms with Gasteiger partial charge < -0.3 is 15.2 Å². The molecule has 0 aromatic carbocycles. The smallest absolute Gasteiger partial charge is 0.227 e. The van der Waals surface area contributed by atoms with E-state index in [1.54, 1.807) is 6.92 Å². The van der Waals surface area contributed by atoms with Gasteiger partial charge in [-0.2, -0.15) is 4.98 Å². The lowest BCUT2D eigenvalue weighted by molar-refractivity contribution is -0.122. The van der Waals surface area contributed by atoms with E-state index in [4.69, 9.17) is 4.52 Å². The van der Waals surface area contributed by atoms with Gasteiger partial charge in [0, 0.05) is 24.9 Å². The molecule has 0 bridgehead atoms. The Morgan fingerprint density at radius 2 is 2.44 bits per heavy atom. The number of carbonyl (C=O) groups excluding carboxylic acids is 1. The van der Waals surface area contributed by atoms with Crippen molar-refractivity contribution in [3.63, 3.8) is 0 Å². The maximum Gasteiger partial charge on any atom is 0.227 e. The molecule has 1 fully saturated rings. The Bertz CT molecular complexity index is 405. The summed E-state index contributed by atoms with van der Waals surface area (Å²) in [7, 11) is 0. The first kappa shape index (κ1) is 13.0. The highest BCUT2D eigenvalue weighted by Crippen LogP contribution is 2.08. The molecular formula is C12H20N4O2. The van der Waals surface area contributed by atoms with E-state index in [9.17, 15) is 4.79 Å². The normalized spacial score (nSPS) is 23.9. The van der Waals surface area contributed by atoms with Gasteiger partial charge in [-0.15, -0.1) is 0 Å². The van der Waals surface area contributed by atoms with E-state index in [2.05, 4.69) is 27.7 Å². The topological polar surface area (TPSA) is 80.0 Å². The van der Waals surface area contributed by atoms with Crippen LogP contribution in [-0.2, 0) is 11.2 Å². The Morgan fingerprint density at radius 1 is 1.61 bits per heavy atom. The highest BCUT2D eigenvalue weighted by molar-refractivity contribution is 5.76. The molecule has 0 saturated carbocycles. The Labute approximate surface area is 107 Å². The van der Waals surface area contributed by atoms with Gasteiger partial charge in [-0.25, -0.2) is 0 Å². The number of rotatable bonds is 4. The Hall–Kier alpha value is -1.43. The summed E-state index contributed by atoms with van der Waals surface area (Å²) in [4.78, 5) is 15.9. The zero-order valence-corrected chi connectivity index (χ0v) is 10.9. The van der Waals surface area contributed by atoms with Gasteiger partial charge in [-0.1, -0.05) is 5.16 Å². The third kappa shape index (κ3) is 3.53. The van der Waals surface area contributed by atoms with E-state index in [1.165, 1.54) is 0 Å². The molecule has 0 radical (unpaired) electrons. The molecule has 1 aromatic heterocycles. The van der Waals surface area contributed by atoms with Crippen molar-refractivity contribution >= 4 is 5.91 Å². The van der Waals surface area contributed by atoms with Gasteiger partial charge in [-0.3, -0.25) is 4.79 Å². The second kappa shape index (κ2) is 5.95. The maximum atomic E-state index is 11.8. The van der Waals surface area contributed by atoms with Gasteiger partial charge in [0.25, 0.3) is 0 Å². The number of nitrogens with one attached hydrogen (secondary N) is 2. The minimum atomic E-state index is 0.0476. The molecule has 2 atom stereocenters.